The third-order valence-corrected chi connectivity index (χ3v) is 5.52. The molecule has 0 amide bonds. The molecule has 2 unspecified atom stereocenters. The summed E-state index contributed by atoms with van der Waals surface area (Å²) in [5.41, 5.74) is 4.42. The molecule has 1 heterocycles. The molecule has 2 atom stereocenters. The lowest BCUT2D eigenvalue weighted by molar-refractivity contribution is 0.247. The van der Waals surface area contributed by atoms with Crippen molar-refractivity contribution in [2.24, 2.45) is 11.8 Å². The fourth-order valence-corrected chi connectivity index (χ4v) is 4.05. The van der Waals surface area contributed by atoms with Crippen molar-refractivity contribution in [3.63, 3.8) is 0 Å². The summed E-state index contributed by atoms with van der Waals surface area (Å²) in [5, 5.41) is 3.71. The minimum absolute atomic E-state index is 0.891. The lowest BCUT2D eigenvalue weighted by Gasteiger charge is -2.29. The number of nitrogens with one attached hydrogen (secondary N) is 1. The summed E-state index contributed by atoms with van der Waals surface area (Å²) in [6.45, 7) is 5.85. The number of benzene rings is 1. The molecule has 2 heteroatoms. The Morgan fingerprint density at radius 2 is 2.05 bits per heavy atom. The van der Waals surface area contributed by atoms with E-state index < -0.39 is 0 Å². The Hall–Kier alpha value is -1.02. The van der Waals surface area contributed by atoms with Crippen LogP contribution in [0.4, 0.5) is 5.69 Å². The van der Waals surface area contributed by atoms with Crippen molar-refractivity contribution < 1.29 is 0 Å². The van der Waals surface area contributed by atoms with E-state index in [2.05, 4.69) is 42.4 Å². The van der Waals surface area contributed by atoms with Gasteiger partial charge < -0.3 is 10.2 Å². The van der Waals surface area contributed by atoms with Gasteiger partial charge in [-0.15, -0.1) is 0 Å². The Morgan fingerprint density at radius 3 is 2.90 bits per heavy atom. The first-order valence-electron chi connectivity index (χ1n) is 8.77. The van der Waals surface area contributed by atoms with E-state index in [0.717, 1.165) is 18.4 Å². The monoisotopic (exact) mass is 286 g/mol. The quantitative estimate of drug-likeness (QED) is 0.900. The van der Waals surface area contributed by atoms with Crippen LogP contribution < -0.4 is 10.2 Å². The summed E-state index contributed by atoms with van der Waals surface area (Å²) >= 11 is 0. The SMILES string of the molecule is CC1CCCCC1CNCc1ccc2c(c1)CCCN2C. The molecule has 1 aromatic carbocycles. The molecular weight excluding hydrogens is 256 g/mol. The molecule has 21 heavy (non-hydrogen) atoms. The van der Waals surface area contributed by atoms with Crippen LogP contribution in [-0.4, -0.2) is 20.1 Å². The van der Waals surface area contributed by atoms with Gasteiger partial charge in [-0.3, -0.25) is 0 Å². The van der Waals surface area contributed by atoms with E-state index in [1.54, 1.807) is 0 Å². The number of hydrogen-bond acceptors (Lipinski definition) is 2. The molecule has 0 radical (unpaired) electrons. The van der Waals surface area contributed by atoms with Crippen molar-refractivity contribution in [1.82, 2.24) is 5.32 Å². The summed E-state index contributed by atoms with van der Waals surface area (Å²) in [6.07, 6.45) is 8.26. The molecule has 1 aromatic rings. The molecule has 0 bridgehead atoms. The predicted molar refractivity (Wildman–Crippen MR) is 90.9 cm³/mol. The van der Waals surface area contributed by atoms with E-state index in [-0.39, 0.29) is 0 Å². The molecule has 1 fully saturated rings. The molecule has 1 aliphatic heterocycles. The van der Waals surface area contributed by atoms with E-state index >= 15 is 0 Å². The van der Waals surface area contributed by atoms with Gasteiger partial charge in [0.15, 0.2) is 0 Å². The van der Waals surface area contributed by atoms with E-state index in [4.69, 9.17) is 0 Å². The van der Waals surface area contributed by atoms with Crippen LogP contribution in [0.3, 0.4) is 0 Å². The van der Waals surface area contributed by atoms with Gasteiger partial charge in [0.25, 0.3) is 0 Å². The molecule has 3 rings (SSSR count). The molecule has 0 saturated heterocycles. The van der Waals surface area contributed by atoms with Crippen LogP contribution >= 0.6 is 0 Å². The zero-order chi connectivity index (χ0) is 14.7. The van der Waals surface area contributed by atoms with Gasteiger partial charge in [-0.1, -0.05) is 38.3 Å². The Balaban J connectivity index is 1.53. The van der Waals surface area contributed by atoms with E-state index in [1.807, 2.05) is 0 Å². The van der Waals surface area contributed by atoms with Crippen molar-refractivity contribution in [2.75, 3.05) is 25.0 Å². The van der Waals surface area contributed by atoms with Gasteiger partial charge in [-0.2, -0.15) is 0 Å². The van der Waals surface area contributed by atoms with Crippen LogP contribution in [0, 0.1) is 11.8 Å². The average Bonchev–Trinajstić information content (AvgIpc) is 2.49. The third-order valence-electron chi connectivity index (χ3n) is 5.52. The highest BCUT2D eigenvalue weighted by Gasteiger charge is 2.20. The van der Waals surface area contributed by atoms with Crippen molar-refractivity contribution in [2.45, 2.75) is 52.0 Å². The van der Waals surface area contributed by atoms with E-state index in [9.17, 15) is 0 Å². The average molecular weight is 286 g/mol. The van der Waals surface area contributed by atoms with Crippen molar-refractivity contribution in [3.05, 3.63) is 29.3 Å². The summed E-state index contributed by atoms with van der Waals surface area (Å²) in [6, 6.07) is 7.04. The maximum absolute atomic E-state index is 3.71. The van der Waals surface area contributed by atoms with Gasteiger partial charge in [0, 0.05) is 25.8 Å². The maximum atomic E-state index is 3.71. The van der Waals surface area contributed by atoms with Crippen LogP contribution in [0.1, 0.15) is 50.2 Å². The van der Waals surface area contributed by atoms with Crippen LogP contribution in [0.2, 0.25) is 0 Å². The predicted octanol–water partition coefficient (Wildman–Crippen LogP) is 3.98. The number of nitrogens with zero attached hydrogens (tertiary/aromatic N) is 1. The number of hydrogen-bond donors (Lipinski definition) is 1. The van der Waals surface area contributed by atoms with Gasteiger partial charge in [-0.05, 0) is 54.8 Å². The number of anilines is 1. The van der Waals surface area contributed by atoms with Gasteiger partial charge >= 0.3 is 0 Å². The fraction of sp³-hybridized carbons (Fsp3) is 0.684. The summed E-state index contributed by atoms with van der Waals surface area (Å²) < 4.78 is 0. The van der Waals surface area contributed by atoms with Crippen molar-refractivity contribution in [3.8, 4) is 0 Å². The van der Waals surface area contributed by atoms with Gasteiger partial charge in [0.05, 0.1) is 0 Å². The second-order valence-electron chi connectivity index (χ2n) is 7.14. The summed E-state index contributed by atoms with van der Waals surface area (Å²) in [4.78, 5) is 2.39. The van der Waals surface area contributed by atoms with Gasteiger partial charge in [-0.25, -0.2) is 0 Å². The molecule has 1 N–H and O–H groups in total. The second kappa shape index (κ2) is 6.83. The third kappa shape index (κ3) is 3.60. The van der Waals surface area contributed by atoms with Crippen LogP contribution in [0.25, 0.3) is 0 Å². The highest BCUT2D eigenvalue weighted by molar-refractivity contribution is 5.56. The zero-order valence-corrected chi connectivity index (χ0v) is 13.7. The maximum Gasteiger partial charge on any atom is 0.0396 e. The molecule has 0 spiro atoms. The Bertz CT molecular complexity index is 469. The smallest absolute Gasteiger partial charge is 0.0396 e. The normalized spacial score (nSPS) is 25.7. The first kappa shape index (κ1) is 14.9. The van der Waals surface area contributed by atoms with E-state index in [0.29, 0.717) is 0 Å². The first-order valence-corrected chi connectivity index (χ1v) is 8.77. The molecular formula is C19H30N2. The molecule has 1 aliphatic carbocycles. The van der Waals surface area contributed by atoms with Gasteiger partial charge in [0.1, 0.15) is 0 Å². The van der Waals surface area contributed by atoms with Gasteiger partial charge in [0.2, 0.25) is 0 Å². The van der Waals surface area contributed by atoms with Crippen LogP contribution in [0.5, 0.6) is 0 Å². The fourth-order valence-electron chi connectivity index (χ4n) is 4.05. The van der Waals surface area contributed by atoms with Crippen LogP contribution in [-0.2, 0) is 13.0 Å². The second-order valence-corrected chi connectivity index (χ2v) is 7.14. The largest absolute Gasteiger partial charge is 0.374 e. The first-order chi connectivity index (χ1) is 10.2. The number of rotatable bonds is 4. The Kier molecular flexibility index (Phi) is 4.84. The topological polar surface area (TPSA) is 15.3 Å². The summed E-state index contributed by atoms with van der Waals surface area (Å²) in [5.74, 6) is 1.80. The lowest BCUT2D eigenvalue weighted by Crippen LogP contribution is -2.29. The zero-order valence-electron chi connectivity index (χ0n) is 13.7. The molecule has 1 saturated carbocycles. The van der Waals surface area contributed by atoms with Crippen molar-refractivity contribution in [1.29, 1.82) is 0 Å². The standard InChI is InChI=1S/C19H30N2/c1-15-6-3-4-7-18(15)14-20-13-16-9-10-19-17(12-16)8-5-11-21(19)2/h9-10,12,15,18,20H,3-8,11,13-14H2,1-2H3. The minimum atomic E-state index is 0.891. The molecule has 2 aliphatic rings. The van der Waals surface area contributed by atoms with Crippen molar-refractivity contribution >= 4 is 5.69 Å². The van der Waals surface area contributed by atoms with Crippen LogP contribution in [0.15, 0.2) is 18.2 Å². The number of fused-ring (bicyclic) bond motifs is 1. The molecule has 116 valence electrons. The van der Waals surface area contributed by atoms with E-state index in [1.165, 1.54) is 68.4 Å². The Labute approximate surface area is 129 Å². The molecule has 2 nitrogen and oxygen atoms in total. The Morgan fingerprint density at radius 1 is 1.19 bits per heavy atom. The lowest BCUT2D eigenvalue weighted by atomic mass is 9.80. The summed E-state index contributed by atoms with van der Waals surface area (Å²) in [7, 11) is 2.21. The molecule has 0 aromatic heterocycles. The highest BCUT2D eigenvalue weighted by atomic mass is 15.1. The minimum Gasteiger partial charge on any atom is -0.374 e. The highest BCUT2D eigenvalue weighted by Crippen LogP contribution is 2.29. The number of aryl methyl sites for hydroxylation is 1.